The van der Waals surface area contributed by atoms with E-state index < -0.39 is 11.4 Å². The number of rotatable bonds is 0. The molecule has 4 heteroatoms. The second kappa shape index (κ2) is 2.41. The Morgan fingerprint density at radius 3 is 3.00 bits per heavy atom. The van der Waals surface area contributed by atoms with Crippen LogP contribution >= 0.6 is 0 Å². The largest absolute Gasteiger partial charge is 0.275 e. The number of hydrogen-bond donors (Lipinski definition) is 1. The Morgan fingerprint density at radius 1 is 1.42 bits per heavy atom. The van der Waals surface area contributed by atoms with Crippen LogP contribution in [-0.4, -0.2) is 10.2 Å². The number of aromatic nitrogens is 2. The summed E-state index contributed by atoms with van der Waals surface area (Å²) in [6, 6.07) is 4.43. The first-order valence-corrected chi connectivity index (χ1v) is 3.41. The third kappa shape index (κ3) is 0.887. The van der Waals surface area contributed by atoms with E-state index in [0.29, 0.717) is 5.39 Å². The maximum atomic E-state index is 13.0. The molecule has 0 fully saturated rings. The molecule has 0 amide bonds. The highest BCUT2D eigenvalue weighted by Gasteiger charge is 2.02. The summed E-state index contributed by atoms with van der Waals surface area (Å²) in [4.78, 5) is 11.0. The van der Waals surface area contributed by atoms with E-state index in [9.17, 15) is 9.18 Å². The number of nitrogens with zero attached hydrogens (tertiary/aromatic N) is 1. The Balaban J connectivity index is 3.07. The molecular formula is C8H5FN2O. The fraction of sp³-hybridized carbons (Fsp3) is 0. The number of halogens is 1. The van der Waals surface area contributed by atoms with Gasteiger partial charge in [0.15, 0.2) is 0 Å². The molecule has 1 aromatic carbocycles. The zero-order chi connectivity index (χ0) is 8.55. The highest BCUT2D eigenvalue weighted by Crippen LogP contribution is 2.10. The second-order valence-electron chi connectivity index (χ2n) is 2.40. The minimum atomic E-state index is -0.517. The van der Waals surface area contributed by atoms with E-state index in [4.69, 9.17) is 0 Å². The molecule has 0 saturated heterocycles. The van der Waals surface area contributed by atoms with Crippen LogP contribution in [0.15, 0.2) is 29.2 Å². The first-order chi connectivity index (χ1) is 5.79. The number of aromatic amines is 1. The van der Waals surface area contributed by atoms with Crippen LogP contribution in [0.1, 0.15) is 0 Å². The molecule has 0 aliphatic carbocycles. The summed E-state index contributed by atoms with van der Waals surface area (Å²) >= 11 is 0. The fourth-order valence-corrected chi connectivity index (χ4v) is 1.10. The Labute approximate surface area is 66.8 Å². The van der Waals surface area contributed by atoms with E-state index in [1.165, 1.54) is 12.3 Å². The van der Waals surface area contributed by atoms with Crippen LogP contribution in [0.2, 0.25) is 0 Å². The molecule has 2 aromatic rings. The van der Waals surface area contributed by atoms with Crippen molar-refractivity contribution in [1.82, 2.24) is 10.2 Å². The number of H-pyrrole nitrogens is 1. The minimum Gasteiger partial charge on any atom is -0.267 e. The molecule has 0 radical (unpaired) electrons. The van der Waals surface area contributed by atoms with Crippen LogP contribution in [0.25, 0.3) is 10.8 Å². The molecular weight excluding hydrogens is 159 g/mol. The van der Waals surface area contributed by atoms with E-state index in [2.05, 4.69) is 10.2 Å². The van der Waals surface area contributed by atoms with Gasteiger partial charge in [0.25, 0.3) is 5.56 Å². The average molecular weight is 164 g/mol. The quantitative estimate of drug-likeness (QED) is 0.632. The molecule has 0 aliphatic rings. The lowest BCUT2D eigenvalue weighted by Gasteiger charge is -1.94. The third-order valence-corrected chi connectivity index (χ3v) is 1.64. The van der Waals surface area contributed by atoms with Crippen molar-refractivity contribution < 1.29 is 4.39 Å². The van der Waals surface area contributed by atoms with E-state index in [1.807, 2.05) is 0 Å². The Kier molecular flexibility index (Phi) is 1.40. The first kappa shape index (κ1) is 6.97. The summed E-state index contributed by atoms with van der Waals surface area (Å²) < 4.78 is 13.0. The molecule has 0 aliphatic heterocycles. The lowest BCUT2D eigenvalue weighted by molar-refractivity contribution is 0.638. The monoisotopic (exact) mass is 164 g/mol. The van der Waals surface area contributed by atoms with E-state index >= 15 is 0 Å². The van der Waals surface area contributed by atoms with Gasteiger partial charge in [0.1, 0.15) is 5.82 Å². The number of benzene rings is 1. The van der Waals surface area contributed by atoms with Crippen LogP contribution < -0.4 is 5.56 Å². The van der Waals surface area contributed by atoms with Gasteiger partial charge in [-0.05, 0) is 6.07 Å². The highest BCUT2D eigenvalue weighted by molar-refractivity contribution is 5.80. The Bertz CT molecular complexity index is 472. The maximum Gasteiger partial charge on any atom is 0.275 e. The molecule has 0 unspecified atom stereocenters. The summed E-state index contributed by atoms with van der Waals surface area (Å²) in [5.41, 5.74) is -0.495. The van der Waals surface area contributed by atoms with Crippen molar-refractivity contribution in [3.63, 3.8) is 0 Å². The number of nitrogens with one attached hydrogen (secondary N) is 1. The van der Waals surface area contributed by atoms with Gasteiger partial charge >= 0.3 is 0 Å². The average Bonchev–Trinajstić information content (AvgIpc) is 2.04. The van der Waals surface area contributed by atoms with Gasteiger partial charge in [-0.15, -0.1) is 0 Å². The Morgan fingerprint density at radius 2 is 2.25 bits per heavy atom. The summed E-state index contributed by atoms with van der Waals surface area (Å²) in [5.74, 6) is -0.517. The van der Waals surface area contributed by atoms with Gasteiger partial charge in [-0.3, -0.25) is 4.79 Å². The van der Waals surface area contributed by atoms with Gasteiger partial charge in [0.05, 0.1) is 11.6 Å². The van der Waals surface area contributed by atoms with E-state index in [-0.39, 0.29) is 5.39 Å². The molecule has 0 spiro atoms. The number of hydrogen-bond acceptors (Lipinski definition) is 2. The van der Waals surface area contributed by atoms with Gasteiger partial charge in [-0.2, -0.15) is 5.10 Å². The third-order valence-electron chi connectivity index (χ3n) is 1.64. The van der Waals surface area contributed by atoms with Crippen LogP contribution in [0.3, 0.4) is 0 Å². The van der Waals surface area contributed by atoms with Gasteiger partial charge < -0.3 is 0 Å². The molecule has 0 atom stereocenters. The van der Waals surface area contributed by atoms with Crippen molar-refractivity contribution in [3.8, 4) is 0 Å². The number of fused-ring (bicyclic) bond motifs is 1. The topological polar surface area (TPSA) is 45.8 Å². The molecule has 12 heavy (non-hydrogen) atoms. The normalized spacial score (nSPS) is 10.4. The lowest BCUT2D eigenvalue weighted by Crippen LogP contribution is -2.08. The van der Waals surface area contributed by atoms with E-state index in [0.717, 1.165) is 0 Å². The highest BCUT2D eigenvalue weighted by atomic mass is 19.1. The molecule has 3 nitrogen and oxygen atoms in total. The van der Waals surface area contributed by atoms with Gasteiger partial charge in [-0.25, -0.2) is 9.49 Å². The zero-order valence-corrected chi connectivity index (χ0v) is 6.04. The van der Waals surface area contributed by atoms with Crippen LogP contribution in [0.4, 0.5) is 4.39 Å². The predicted molar refractivity (Wildman–Crippen MR) is 42.3 cm³/mol. The van der Waals surface area contributed by atoms with Crippen LogP contribution in [0.5, 0.6) is 0 Å². The van der Waals surface area contributed by atoms with Crippen LogP contribution in [0, 0.1) is 5.82 Å². The smallest absolute Gasteiger partial charge is 0.267 e. The van der Waals surface area contributed by atoms with Crippen molar-refractivity contribution in [2.45, 2.75) is 0 Å². The lowest BCUT2D eigenvalue weighted by atomic mass is 10.2. The van der Waals surface area contributed by atoms with Crippen molar-refractivity contribution >= 4 is 10.8 Å². The zero-order valence-electron chi connectivity index (χ0n) is 6.04. The summed E-state index contributed by atoms with van der Waals surface area (Å²) in [7, 11) is 0. The molecule has 0 bridgehead atoms. The summed E-state index contributed by atoms with van der Waals surface area (Å²) in [6.45, 7) is 0. The SMILES string of the molecule is O=c1[nH]ncc2cccc(F)c12. The van der Waals surface area contributed by atoms with Crippen molar-refractivity contribution in [1.29, 1.82) is 0 Å². The van der Waals surface area contributed by atoms with Gasteiger partial charge in [0.2, 0.25) is 0 Å². The van der Waals surface area contributed by atoms with Crippen LogP contribution in [-0.2, 0) is 0 Å². The summed E-state index contributed by atoms with van der Waals surface area (Å²) in [5, 5.41) is 6.29. The van der Waals surface area contributed by atoms with Gasteiger partial charge in [-0.1, -0.05) is 12.1 Å². The predicted octanol–water partition coefficient (Wildman–Crippen LogP) is 1.06. The van der Waals surface area contributed by atoms with Gasteiger partial charge in [0, 0.05) is 5.39 Å². The molecule has 60 valence electrons. The van der Waals surface area contributed by atoms with Crippen molar-refractivity contribution in [2.24, 2.45) is 0 Å². The molecule has 2 rings (SSSR count). The molecule has 1 heterocycles. The Hall–Kier alpha value is -1.71. The standard InChI is InChI=1S/C8H5FN2O/c9-6-3-1-2-5-4-10-11-8(12)7(5)6/h1-4H,(H,11,12). The summed E-state index contributed by atoms with van der Waals surface area (Å²) in [6.07, 6.45) is 1.42. The first-order valence-electron chi connectivity index (χ1n) is 3.41. The fourth-order valence-electron chi connectivity index (χ4n) is 1.10. The molecule has 1 N–H and O–H groups in total. The van der Waals surface area contributed by atoms with Crippen molar-refractivity contribution in [3.05, 3.63) is 40.6 Å². The second-order valence-corrected chi connectivity index (χ2v) is 2.40. The van der Waals surface area contributed by atoms with E-state index in [1.54, 1.807) is 12.1 Å². The molecule has 1 aromatic heterocycles. The van der Waals surface area contributed by atoms with Crippen molar-refractivity contribution in [2.75, 3.05) is 0 Å². The molecule has 0 saturated carbocycles. The minimum absolute atomic E-state index is 0.0625. The maximum absolute atomic E-state index is 13.0.